The Morgan fingerprint density at radius 1 is 1.15 bits per heavy atom. The van der Waals surface area contributed by atoms with E-state index in [0.29, 0.717) is 5.56 Å². The lowest BCUT2D eigenvalue weighted by Crippen LogP contribution is -2.44. The van der Waals surface area contributed by atoms with Crippen LogP contribution in [0.4, 0.5) is 4.79 Å². The van der Waals surface area contributed by atoms with Crippen molar-refractivity contribution < 1.29 is 32.6 Å². The molecule has 1 aromatic rings. The van der Waals surface area contributed by atoms with E-state index in [0.717, 1.165) is 0 Å². The van der Waals surface area contributed by atoms with Crippen molar-refractivity contribution >= 4 is 27.7 Å². The number of amides is 1. The molecule has 1 aromatic carbocycles. The molecule has 0 bridgehead atoms. The summed E-state index contributed by atoms with van der Waals surface area (Å²) in [6.45, 7) is 6.56. The number of carboxylic acid groups (broad SMARTS) is 1. The minimum atomic E-state index is -3.73. The van der Waals surface area contributed by atoms with Crippen molar-refractivity contribution in [2.24, 2.45) is 0 Å². The van der Waals surface area contributed by atoms with E-state index in [1.54, 1.807) is 27.7 Å². The number of ether oxygens (including phenoxy) is 1. The van der Waals surface area contributed by atoms with Gasteiger partial charge in [-0.05, 0) is 38.5 Å². The largest absolute Gasteiger partial charge is 0.480 e. The topological polar surface area (TPSA) is 127 Å². The third-order valence-corrected chi connectivity index (χ3v) is 5.15. The van der Waals surface area contributed by atoms with Gasteiger partial charge in [0.15, 0.2) is 9.84 Å². The minimum absolute atomic E-state index is 0.0139. The van der Waals surface area contributed by atoms with Crippen LogP contribution in [-0.4, -0.2) is 48.8 Å². The molecule has 0 radical (unpaired) electrons. The molecule has 0 fully saturated rings. The average molecular weight is 399 g/mol. The molecule has 150 valence electrons. The van der Waals surface area contributed by atoms with Gasteiger partial charge in [-0.25, -0.2) is 18.0 Å². The first-order valence-electron chi connectivity index (χ1n) is 8.40. The Labute approximate surface area is 158 Å². The Hall–Kier alpha value is -2.42. The van der Waals surface area contributed by atoms with Crippen LogP contribution in [0.3, 0.4) is 0 Å². The monoisotopic (exact) mass is 399 g/mol. The van der Waals surface area contributed by atoms with E-state index < -0.39 is 39.3 Å². The molecule has 2 N–H and O–H groups in total. The maximum atomic E-state index is 12.1. The van der Waals surface area contributed by atoms with Crippen molar-refractivity contribution in [2.45, 2.75) is 57.1 Å². The second-order valence-electron chi connectivity index (χ2n) is 7.04. The second-order valence-corrected chi connectivity index (χ2v) is 9.03. The number of alkyl carbamates (subject to hydrolysis) is 1. The first-order chi connectivity index (χ1) is 12.3. The zero-order valence-electron chi connectivity index (χ0n) is 15.8. The zero-order chi connectivity index (χ0) is 20.8. The molecule has 1 atom stereocenters. The lowest BCUT2D eigenvalue weighted by Gasteiger charge is -2.22. The van der Waals surface area contributed by atoms with Gasteiger partial charge in [0, 0.05) is 12.8 Å². The third-order valence-electron chi connectivity index (χ3n) is 3.46. The quantitative estimate of drug-likeness (QED) is 0.684. The maximum absolute atomic E-state index is 12.1. The Kier molecular flexibility index (Phi) is 7.53. The smallest absolute Gasteiger partial charge is 0.408 e. The zero-order valence-corrected chi connectivity index (χ0v) is 16.6. The van der Waals surface area contributed by atoms with E-state index in [9.17, 15) is 27.9 Å². The number of ketones is 1. The molecule has 0 aliphatic carbocycles. The molecule has 0 spiro atoms. The average Bonchev–Trinajstić information content (AvgIpc) is 2.52. The molecule has 27 heavy (non-hydrogen) atoms. The van der Waals surface area contributed by atoms with Crippen LogP contribution in [0.5, 0.6) is 0 Å². The predicted molar refractivity (Wildman–Crippen MR) is 98.3 cm³/mol. The van der Waals surface area contributed by atoms with Gasteiger partial charge in [0.25, 0.3) is 0 Å². The van der Waals surface area contributed by atoms with Gasteiger partial charge in [-0.3, -0.25) is 4.79 Å². The first kappa shape index (κ1) is 22.6. The van der Waals surface area contributed by atoms with E-state index in [4.69, 9.17) is 4.74 Å². The summed E-state index contributed by atoms with van der Waals surface area (Å²) < 4.78 is 29.3. The molecular weight excluding hydrogens is 374 g/mol. The highest BCUT2D eigenvalue weighted by molar-refractivity contribution is 7.92. The van der Waals surface area contributed by atoms with Gasteiger partial charge in [0.1, 0.15) is 23.2 Å². The van der Waals surface area contributed by atoms with Crippen molar-refractivity contribution in [3.8, 4) is 0 Å². The molecule has 1 rings (SSSR count). The minimum Gasteiger partial charge on any atom is -0.480 e. The molecule has 0 aromatic heterocycles. The summed E-state index contributed by atoms with van der Waals surface area (Å²) in [6, 6.07) is 4.32. The number of hydrogen-bond acceptors (Lipinski definition) is 6. The first-order valence-corrected chi connectivity index (χ1v) is 10.0. The summed E-state index contributed by atoms with van der Waals surface area (Å²) in [7, 11) is -3.73. The van der Waals surface area contributed by atoms with E-state index in [1.807, 2.05) is 0 Å². The molecule has 0 saturated heterocycles. The van der Waals surface area contributed by atoms with Gasteiger partial charge >= 0.3 is 12.1 Å². The molecule has 8 nitrogen and oxygen atoms in total. The number of carboxylic acids is 1. The summed E-state index contributed by atoms with van der Waals surface area (Å²) >= 11 is 0. The number of Topliss-reactive ketones (excluding diaryl/α,β-unsaturated/α-hetero) is 1. The summed E-state index contributed by atoms with van der Waals surface area (Å²) in [4.78, 5) is 34.5. The highest BCUT2D eigenvalue weighted by Gasteiger charge is 2.24. The highest BCUT2D eigenvalue weighted by atomic mass is 32.2. The molecule has 0 saturated carbocycles. The number of aliphatic carboxylic acids is 1. The summed E-state index contributed by atoms with van der Waals surface area (Å²) in [5, 5.41) is 11.6. The van der Waals surface area contributed by atoms with Crippen molar-refractivity contribution in [1.82, 2.24) is 5.32 Å². The Morgan fingerprint density at radius 2 is 1.70 bits per heavy atom. The Balaban J connectivity index is 2.86. The van der Waals surface area contributed by atoms with Crippen LogP contribution in [-0.2, 0) is 30.6 Å². The van der Waals surface area contributed by atoms with Crippen LogP contribution < -0.4 is 5.32 Å². The van der Waals surface area contributed by atoms with Crippen molar-refractivity contribution in [3.05, 3.63) is 29.8 Å². The molecule has 0 heterocycles. The standard InChI is InChI=1S/C18H25NO7S/c1-5-13(20)11-27(24,25)14-8-6-12(7-9-14)10-15(16(21)22)19-17(23)26-18(2,3)4/h6-9,15H,5,10-11H2,1-4H3,(H,19,23)(H,21,22). The van der Waals surface area contributed by atoms with Gasteiger partial charge in [0.2, 0.25) is 0 Å². The summed E-state index contributed by atoms with van der Waals surface area (Å²) in [6.07, 6.45) is -0.774. The number of sulfone groups is 1. The lowest BCUT2D eigenvalue weighted by molar-refractivity contribution is -0.139. The van der Waals surface area contributed by atoms with E-state index in [1.165, 1.54) is 24.3 Å². The number of rotatable bonds is 8. The number of carbonyl (C=O) groups excluding carboxylic acids is 2. The Bertz CT molecular complexity index is 792. The normalized spacial score (nSPS) is 12.9. The fraction of sp³-hybridized carbons (Fsp3) is 0.500. The number of nitrogens with one attached hydrogen (secondary N) is 1. The number of benzene rings is 1. The van der Waals surface area contributed by atoms with Gasteiger partial charge in [-0.2, -0.15) is 0 Å². The van der Waals surface area contributed by atoms with Crippen LogP contribution in [0.15, 0.2) is 29.2 Å². The van der Waals surface area contributed by atoms with Crippen molar-refractivity contribution in [3.63, 3.8) is 0 Å². The van der Waals surface area contributed by atoms with E-state index in [2.05, 4.69) is 5.32 Å². The SMILES string of the molecule is CCC(=O)CS(=O)(=O)c1ccc(CC(NC(=O)OC(C)(C)C)C(=O)O)cc1. The fourth-order valence-electron chi connectivity index (χ4n) is 2.12. The lowest BCUT2D eigenvalue weighted by atomic mass is 10.1. The fourth-order valence-corrected chi connectivity index (χ4v) is 3.46. The van der Waals surface area contributed by atoms with Crippen LogP contribution in [0.1, 0.15) is 39.7 Å². The number of carbonyl (C=O) groups is 3. The molecule has 0 aliphatic rings. The highest BCUT2D eigenvalue weighted by Crippen LogP contribution is 2.15. The van der Waals surface area contributed by atoms with Crippen molar-refractivity contribution in [1.29, 1.82) is 0 Å². The van der Waals surface area contributed by atoms with Crippen LogP contribution in [0.2, 0.25) is 0 Å². The van der Waals surface area contributed by atoms with Gasteiger partial charge < -0.3 is 15.2 Å². The number of hydrogen-bond donors (Lipinski definition) is 2. The molecule has 9 heteroatoms. The Morgan fingerprint density at radius 3 is 2.15 bits per heavy atom. The van der Waals surface area contributed by atoms with Gasteiger partial charge in [-0.1, -0.05) is 19.1 Å². The van der Waals surface area contributed by atoms with Gasteiger partial charge in [0.05, 0.1) is 4.90 Å². The van der Waals surface area contributed by atoms with Crippen LogP contribution in [0, 0.1) is 0 Å². The molecular formula is C18H25NO7S. The predicted octanol–water partition coefficient (Wildman–Crippen LogP) is 1.96. The van der Waals surface area contributed by atoms with Crippen LogP contribution >= 0.6 is 0 Å². The van der Waals surface area contributed by atoms with Crippen molar-refractivity contribution in [2.75, 3.05) is 5.75 Å². The van der Waals surface area contributed by atoms with Crippen LogP contribution in [0.25, 0.3) is 0 Å². The van der Waals surface area contributed by atoms with Gasteiger partial charge in [-0.15, -0.1) is 0 Å². The molecule has 1 amide bonds. The van der Waals surface area contributed by atoms with E-state index in [-0.39, 0.29) is 23.5 Å². The van der Waals surface area contributed by atoms with E-state index >= 15 is 0 Å². The molecule has 1 unspecified atom stereocenters. The molecule has 0 aliphatic heterocycles. The maximum Gasteiger partial charge on any atom is 0.408 e. The summed E-state index contributed by atoms with van der Waals surface area (Å²) in [5.41, 5.74) is -0.252. The summed E-state index contributed by atoms with van der Waals surface area (Å²) in [5.74, 6) is -2.20. The second kappa shape index (κ2) is 8.98. The third kappa shape index (κ3) is 7.78.